The average Bonchev–Trinajstić information content (AvgIpc) is 2.85. The Kier molecular flexibility index (Phi) is 1.18. The minimum Gasteiger partial charge on any atom is -0.0884 e. The SMILES string of the molecule is BrC1CC12CCC1(CC1)CC2. The topological polar surface area (TPSA) is 0 Å². The van der Waals surface area contributed by atoms with E-state index in [0.717, 1.165) is 15.7 Å². The van der Waals surface area contributed by atoms with Gasteiger partial charge in [0.1, 0.15) is 0 Å². The molecule has 0 aromatic rings. The predicted molar refractivity (Wildman–Crippen MR) is 49.9 cm³/mol. The molecule has 1 atom stereocenters. The van der Waals surface area contributed by atoms with E-state index in [1.165, 1.54) is 19.3 Å². The number of hydrogen-bond acceptors (Lipinski definition) is 0. The van der Waals surface area contributed by atoms with Gasteiger partial charge in [0.2, 0.25) is 0 Å². The summed E-state index contributed by atoms with van der Waals surface area (Å²) in [4.78, 5) is 0.895. The van der Waals surface area contributed by atoms with Gasteiger partial charge in [-0.3, -0.25) is 0 Å². The van der Waals surface area contributed by atoms with Crippen LogP contribution < -0.4 is 0 Å². The summed E-state index contributed by atoms with van der Waals surface area (Å²) < 4.78 is 0. The van der Waals surface area contributed by atoms with Crippen molar-refractivity contribution in [2.45, 2.75) is 49.8 Å². The Morgan fingerprint density at radius 3 is 1.73 bits per heavy atom. The summed E-state index contributed by atoms with van der Waals surface area (Å²) in [6.45, 7) is 0. The summed E-state index contributed by atoms with van der Waals surface area (Å²) in [5.41, 5.74) is 1.69. The molecule has 62 valence electrons. The number of alkyl halides is 1. The second kappa shape index (κ2) is 1.86. The molecule has 3 aliphatic rings. The lowest BCUT2D eigenvalue weighted by Gasteiger charge is -2.28. The van der Waals surface area contributed by atoms with E-state index in [2.05, 4.69) is 15.9 Å². The van der Waals surface area contributed by atoms with Crippen molar-refractivity contribution in [1.82, 2.24) is 0 Å². The van der Waals surface area contributed by atoms with Gasteiger partial charge in [-0.2, -0.15) is 0 Å². The Balaban J connectivity index is 1.70. The van der Waals surface area contributed by atoms with Gasteiger partial charge < -0.3 is 0 Å². The molecule has 0 nitrogen and oxygen atoms in total. The first-order chi connectivity index (χ1) is 5.25. The molecule has 3 saturated carbocycles. The molecule has 0 saturated heterocycles. The molecule has 11 heavy (non-hydrogen) atoms. The molecule has 2 spiro atoms. The standard InChI is InChI=1S/C10H15Br/c11-8-7-10(8)5-3-9(1-2-9)4-6-10/h8H,1-7H2. The molecule has 0 aliphatic heterocycles. The van der Waals surface area contributed by atoms with Crippen molar-refractivity contribution >= 4 is 15.9 Å². The van der Waals surface area contributed by atoms with Crippen LogP contribution in [0.15, 0.2) is 0 Å². The van der Waals surface area contributed by atoms with E-state index in [0.29, 0.717) is 0 Å². The Morgan fingerprint density at radius 1 is 0.909 bits per heavy atom. The highest BCUT2D eigenvalue weighted by Gasteiger charge is 2.58. The van der Waals surface area contributed by atoms with Gasteiger partial charge in [-0.05, 0) is 55.8 Å². The van der Waals surface area contributed by atoms with Crippen molar-refractivity contribution in [3.63, 3.8) is 0 Å². The van der Waals surface area contributed by atoms with Crippen molar-refractivity contribution in [1.29, 1.82) is 0 Å². The Hall–Kier alpha value is 0.480. The van der Waals surface area contributed by atoms with Gasteiger partial charge in [-0.25, -0.2) is 0 Å². The van der Waals surface area contributed by atoms with E-state index in [9.17, 15) is 0 Å². The van der Waals surface area contributed by atoms with E-state index in [1.807, 2.05) is 0 Å². The van der Waals surface area contributed by atoms with Crippen molar-refractivity contribution in [3.8, 4) is 0 Å². The van der Waals surface area contributed by atoms with Crippen LogP contribution in [0.2, 0.25) is 0 Å². The van der Waals surface area contributed by atoms with Crippen LogP contribution in [0.1, 0.15) is 44.9 Å². The minimum absolute atomic E-state index is 0.799. The van der Waals surface area contributed by atoms with Gasteiger partial charge in [0.15, 0.2) is 0 Å². The predicted octanol–water partition coefficient (Wildman–Crippen LogP) is 3.49. The highest BCUT2D eigenvalue weighted by Crippen LogP contribution is 2.68. The maximum atomic E-state index is 3.76. The largest absolute Gasteiger partial charge is 0.0884 e. The zero-order valence-electron chi connectivity index (χ0n) is 6.91. The fourth-order valence-corrected chi connectivity index (χ4v) is 3.87. The number of halogens is 1. The van der Waals surface area contributed by atoms with Crippen molar-refractivity contribution in [3.05, 3.63) is 0 Å². The van der Waals surface area contributed by atoms with Crippen molar-refractivity contribution < 1.29 is 0 Å². The normalized spacial score (nSPS) is 42.8. The van der Waals surface area contributed by atoms with Crippen LogP contribution in [-0.4, -0.2) is 4.83 Å². The van der Waals surface area contributed by atoms with Gasteiger partial charge in [0.25, 0.3) is 0 Å². The smallest absolute Gasteiger partial charge is 0.0208 e. The maximum absolute atomic E-state index is 3.76. The summed E-state index contributed by atoms with van der Waals surface area (Å²) in [7, 11) is 0. The van der Waals surface area contributed by atoms with Gasteiger partial charge in [0.05, 0.1) is 0 Å². The van der Waals surface area contributed by atoms with E-state index in [4.69, 9.17) is 0 Å². The fraction of sp³-hybridized carbons (Fsp3) is 1.00. The number of rotatable bonds is 0. The molecule has 0 amide bonds. The van der Waals surface area contributed by atoms with Crippen LogP contribution in [0, 0.1) is 10.8 Å². The quantitative estimate of drug-likeness (QED) is 0.542. The highest BCUT2D eigenvalue weighted by molar-refractivity contribution is 9.09. The molecule has 3 aliphatic carbocycles. The Labute approximate surface area is 76.9 Å². The molecular formula is C10H15Br. The van der Waals surface area contributed by atoms with Crippen LogP contribution in [0.25, 0.3) is 0 Å². The molecular weight excluding hydrogens is 200 g/mol. The molecule has 1 unspecified atom stereocenters. The van der Waals surface area contributed by atoms with E-state index in [1.54, 1.807) is 25.7 Å². The average molecular weight is 215 g/mol. The monoisotopic (exact) mass is 214 g/mol. The summed E-state index contributed by atoms with van der Waals surface area (Å²) in [6, 6.07) is 0. The third-order valence-electron chi connectivity index (χ3n) is 4.35. The zero-order valence-corrected chi connectivity index (χ0v) is 8.49. The van der Waals surface area contributed by atoms with Crippen LogP contribution in [-0.2, 0) is 0 Å². The lowest BCUT2D eigenvalue weighted by molar-refractivity contribution is 0.242. The van der Waals surface area contributed by atoms with E-state index >= 15 is 0 Å². The first kappa shape index (κ1) is 6.94. The van der Waals surface area contributed by atoms with Crippen molar-refractivity contribution in [2.24, 2.45) is 10.8 Å². The first-order valence-electron chi connectivity index (χ1n) is 4.89. The minimum atomic E-state index is 0.799. The zero-order chi connectivity index (χ0) is 7.53. The summed E-state index contributed by atoms with van der Waals surface area (Å²) in [5, 5.41) is 0. The lowest BCUT2D eigenvalue weighted by atomic mass is 9.78. The second-order valence-electron chi connectivity index (χ2n) is 5.03. The fourth-order valence-electron chi connectivity index (χ4n) is 2.77. The van der Waals surface area contributed by atoms with Gasteiger partial charge >= 0.3 is 0 Å². The van der Waals surface area contributed by atoms with Crippen molar-refractivity contribution in [2.75, 3.05) is 0 Å². The van der Waals surface area contributed by atoms with Crippen LogP contribution in [0.5, 0.6) is 0 Å². The molecule has 0 bridgehead atoms. The third kappa shape index (κ3) is 0.929. The summed E-state index contributed by atoms with van der Waals surface area (Å²) in [6.07, 6.45) is 10.7. The molecule has 0 heterocycles. The van der Waals surface area contributed by atoms with E-state index in [-0.39, 0.29) is 0 Å². The molecule has 1 heteroatoms. The molecule has 0 radical (unpaired) electrons. The molecule has 0 N–H and O–H groups in total. The van der Waals surface area contributed by atoms with Gasteiger partial charge in [-0.15, -0.1) is 0 Å². The summed E-state index contributed by atoms with van der Waals surface area (Å²) >= 11 is 3.76. The van der Waals surface area contributed by atoms with Crippen LogP contribution in [0.4, 0.5) is 0 Å². The molecule has 0 aromatic heterocycles. The van der Waals surface area contributed by atoms with E-state index < -0.39 is 0 Å². The second-order valence-corrected chi connectivity index (χ2v) is 6.14. The molecule has 0 aromatic carbocycles. The van der Waals surface area contributed by atoms with Gasteiger partial charge in [0, 0.05) is 4.83 Å². The van der Waals surface area contributed by atoms with Crippen LogP contribution in [0.3, 0.4) is 0 Å². The summed E-state index contributed by atoms with van der Waals surface area (Å²) in [5.74, 6) is 0. The lowest BCUT2D eigenvalue weighted by Crippen LogP contribution is -2.17. The molecule has 3 rings (SSSR count). The highest BCUT2D eigenvalue weighted by atomic mass is 79.9. The Bertz CT molecular complexity index is 183. The maximum Gasteiger partial charge on any atom is 0.0208 e. The molecule has 3 fully saturated rings. The Morgan fingerprint density at radius 2 is 1.36 bits per heavy atom. The number of hydrogen-bond donors (Lipinski definition) is 0. The first-order valence-corrected chi connectivity index (χ1v) is 5.81. The van der Waals surface area contributed by atoms with Crippen LogP contribution >= 0.6 is 15.9 Å². The van der Waals surface area contributed by atoms with Gasteiger partial charge in [-0.1, -0.05) is 15.9 Å². The third-order valence-corrected chi connectivity index (χ3v) is 5.65.